The Morgan fingerprint density at radius 3 is 2.25 bits per heavy atom. The first-order valence-electron chi connectivity index (χ1n) is 5.82. The zero-order chi connectivity index (χ0) is 11.6. The number of ether oxygens (including phenoxy) is 1. The molecule has 3 saturated carbocycles. The number of esters is 1. The number of allylic oxidation sites excluding steroid dienone is 2. The lowest BCUT2D eigenvalue weighted by Gasteiger charge is -2.50. The van der Waals surface area contributed by atoms with E-state index in [1.807, 2.05) is 6.08 Å². The molecule has 0 saturated heterocycles. The molecule has 0 N–H and O–H groups in total. The van der Waals surface area contributed by atoms with Gasteiger partial charge in [0, 0.05) is 6.08 Å². The average Bonchev–Trinajstić information content (AvgIpc) is 2.37. The first-order chi connectivity index (χ1) is 7.66. The Balaban J connectivity index is 2.12. The molecule has 16 heavy (non-hydrogen) atoms. The molecular formula is C13H17NO2. The van der Waals surface area contributed by atoms with E-state index in [0.29, 0.717) is 0 Å². The molecule has 0 aliphatic heterocycles. The summed E-state index contributed by atoms with van der Waals surface area (Å²) in [6.45, 7) is 0. The van der Waals surface area contributed by atoms with Gasteiger partial charge in [-0.2, -0.15) is 5.26 Å². The predicted octanol–water partition coefficient (Wildman–Crippen LogP) is 2.58. The lowest BCUT2D eigenvalue weighted by atomic mass is 9.53. The maximum Gasteiger partial charge on any atom is 0.311 e. The molecule has 0 atom stereocenters. The second-order valence-corrected chi connectivity index (χ2v) is 5.10. The molecule has 0 heterocycles. The van der Waals surface area contributed by atoms with Crippen molar-refractivity contribution in [2.24, 2.45) is 10.8 Å². The van der Waals surface area contributed by atoms with E-state index in [1.54, 1.807) is 6.08 Å². The Kier molecular flexibility index (Phi) is 2.75. The second-order valence-electron chi connectivity index (χ2n) is 5.10. The quantitative estimate of drug-likeness (QED) is 0.529. The van der Waals surface area contributed by atoms with Gasteiger partial charge in [0.15, 0.2) is 0 Å². The van der Waals surface area contributed by atoms with E-state index < -0.39 is 0 Å². The summed E-state index contributed by atoms with van der Waals surface area (Å²) in [6.07, 6.45) is 9.42. The van der Waals surface area contributed by atoms with E-state index in [0.717, 1.165) is 38.5 Å². The number of methoxy groups -OCH3 is 1. The highest BCUT2D eigenvalue weighted by Gasteiger charge is 2.51. The monoisotopic (exact) mass is 219 g/mol. The summed E-state index contributed by atoms with van der Waals surface area (Å²) >= 11 is 0. The summed E-state index contributed by atoms with van der Waals surface area (Å²) in [7, 11) is 1.48. The van der Waals surface area contributed by atoms with Crippen molar-refractivity contribution in [3.63, 3.8) is 0 Å². The number of hydrogen-bond donors (Lipinski definition) is 0. The Morgan fingerprint density at radius 1 is 1.25 bits per heavy atom. The van der Waals surface area contributed by atoms with Gasteiger partial charge in [-0.15, -0.1) is 0 Å². The first kappa shape index (κ1) is 11.2. The fraction of sp³-hybridized carbons (Fsp3) is 0.692. The lowest BCUT2D eigenvalue weighted by molar-refractivity contribution is -0.161. The summed E-state index contributed by atoms with van der Waals surface area (Å²) in [6, 6.07) is 2.06. The third-order valence-electron chi connectivity index (χ3n) is 4.43. The van der Waals surface area contributed by atoms with Crippen LogP contribution in [-0.4, -0.2) is 13.1 Å². The molecule has 3 heteroatoms. The van der Waals surface area contributed by atoms with E-state index >= 15 is 0 Å². The van der Waals surface area contributed by atoms with Crippen LogP contribution >= 0.6 is 0 Å². The van der Waals surface area contributed by atoms with E-state index in [2.05, 4.69) is 6.07 Å². The van der Waals surface area contributed by atoms with Crippen LogP contribution in [0, 0.1) is 22.2 Å². The summed E-state index contributed by atoms with van der Waals surface area (Å²) < 4.78 is 4.91. The third kappa shape index (κ3) is 1.63. The van der Waals surface area contributed by atoms with Crippen LogP contribution in [0.5, 0.6) is 0 Å². The van der Waals surface area contributed by atoms with Crippen molar-refractivity contribution in [2.75, 3.05) is 7.11 Å². The molecule has 3 fully saturated rings. The molecule has 0 amide bonds. The predicted molar refractivity (Wildman–Crippen MR) is 59.3 cm³/mol. The molecule has 3 aliphatic carbocycles. The molecule has 0 aromatic rings. The molecule has 0 aromatic carbocycles. The molecule has 0 unspecified atom stereocenters. The third-order valence-corrected chi connectivity index (χ3v) is 4.43. The van der Waals surface area contributed by atoms with E-state index in [-0.39, 0.29) is 16.8 Å². The molecule has 2 bridgehead atoms. The van der Waals surface area contributed by atoms with Crippen molar-refractivity contribution >= 4 is 5.97 Å². The van der Waals surface area contributed by atoms with Crippen LogP contribution in [0.15, 0.2) is 12.2 Å². The van der Waals surface area contributed by atoms with Crippen molar-refractivity contribution in [3.05, 3.63) is 12.2 Å². The van der Waals surface area contributed by atoms with Crippen LogP contribution in [0.4, 0.5) is 0 Å². The van der Waals surface area contributed by atoms with Crippen molar-refractivity contribution in [1.82, 2.24) is 0 Å². The molecular weight excluding hydrogens is 202 g/mol. The number of nitrogens with zero attached hydrogens (tertiary/aromatic N) is 1. The minimum absolute atomic E-state index is 0.0370. The molecule has 0 spiro atoms. The number of rotatable bonds is 2. The van der Waals surface area contributed by atoms with Crippen LogP contribution < -0.4 is 0 Å². The van der Waals surface area contributed by atoms with Gasteiger partial charge in [0.1, 0.15) is 0 Å². The zero-order valence-electron chi connectivity index (χ0n) is 9.66. The van der Waals surface area contributed by atoms with Crippen molar-refractivity contribution in [2.45, 2.75) is 38.5 Å². The Hall–Kier alpha value is -1.30. The Labute approximate surface area is 96.1 Å². The summed E-state index contributed by atoms with van der Waals surface area (Å²) in [5, 5.41) is 8.59. The van der Waals surface area contributed by atoms with Gasteiger partial charge in [-0.3, -0.25) is 4.79 Å². The van der Waals surface area contributed by atoms with E-state index in [9.17, 15) is 4.79 Å². The summed E-state index contributed by atoms with van der Waals surface area (Å²) in [4.78, 5) is 11.8. The highest BCUT2D eigenvalue weighted by atomic mass is 16.5. The number of carbonyl (C=O) groups excluding carboxylic acids is 1. The van der Waals surface area contributed by atoms with Gasteiger partial charge in [0.2, 0.25) is 0 Å². The van der Waals surface area contributed by atoms with Crippen LogP contribution in [0.1, 0.15) is 38.5 Å². The molecule has 0 aromatic heterocycles. The van der Waals surface area contributed by atoms with Crippen molar-refractivity contribution < 1.29 is 9.53 Å². The van der Waals surface area contributed by atoms with Crippen LogP contribution in [0.2, 0.25) is 0 Å². The highest BCUT2D eigenvalue weighted by molar-refractivity contribution is 5.77. The van der Waals surface area contributed by atoms with E-state index in [4.69, 9.17) is 10.00 Å². The van der Waals surface area contributed by atoms with Gasteiger partial charge in [0.05, 0.1) is 18.6 Å². The maximum atomic E-state index is 11.8. The number of fused-ring (bicyclic) bond motifs is 3. The van der Waals surface area contributed by atoms with Gasteiger partial charge in [0.25, 0.3) is 0 Å². The number of nitriles is 1. The van der Waals surface area contributed by atoms with Gasteiger partial charge >= 0.3 is 5.97 Å². The standard InChI is InChI=1S/C13H17NO2/c1-16-11(15)13-7-4-12(5-8-13,6-9-13)3-2-10-14/h2-3H,4-9H2,1H3. The smallest absolute Gasteiger partial charge is 0.311 e. The normalized spacial score (nSPS) is 37.2. The minimum Gasteiger partial charge on any atom is -0.469 e. The summed E-state index contributed by atoms with van der Waals surface area (Å²) in [5.74, 6) is -0.0370. The molecule has 0 radical (unpaired) electrons. The van der Waals surface area contributed by atoms with Crippen LogP contribution in [0.25, 0.3) is 0 Å². The molecule has 3 aliphatic rings. The Bertz CT molecular complexity index is 340. The van der Waals surface area contributed by atoms with Gasteiger partial charge < -0.3 is 4.74 Å². The lowest BCUT2D eigenvalue weighted by Crippen LogP contribution is -2.45. The molecule has 3 rings (SSSR count). The maximum absolute atomic E-state index is 11.8. The summed E-state index contributed by atoms with van der Waals surface area (Å²) in [5.41, 5.74) is -0.0253. The van der Waals surface area contributed by atoms with Gasteiger partial charge in [-0.1, -0.05) is 6.08 Å². The molecule has 3 nitrogen and oxygen atoms in total. The Morgan fingerprint density at radius 2 is 1.81 bits per heavy atom. The zero-order valence-corrected chi connectivity index (χ0v) is 9.66. The topological polar surface area (TPSA) is 50.1 Å². The first-order valence-corrected chi connectivity index (χ1v) is 5.82. The number of hydrogen-bond acceptors (Lipinski definition) is 3. The van der Waals surface area contributed by atoms with Gasteiger partial charge in [-0.25, -0.2) is 0 Å². The van der Waals surface area contributed by atoms with Crippen molar-refractivity contribution in [1.29, 1.82) is 5.26 Å². The highest BCUT2D eigenvalue weighted by Crippen LogP contribution is 2.57. The van der Waals surface area contributed by atoms with Crippen LogP contribution in [0.3, 0.4) is 0 Å². The van der Waals surface area contributed by atoms with Gasteiger partial charge in [-0.05, 0) is 43.9 Å². The minimum atomic E-state index is -0.211. The second kappa shape index (κ2) is 3.93. The fourth-order valence-electron chi connectivity index (χ4n) is 3.20. The largest absolute Gasteiger partial charge is 0.469 e. The van der Waals surface area contributed by atoms with Crippen molar-refractivity contribution in [3.8, 4) is 6.07 Å². The fourth-order valence-corrected chi connectivity index (χ4v) is 3.20. The SMILES string of the molecule is COC(=O)C12CCC(C=CC#N)(CC1)CC2. The van der Waals surface area contributed by atoms with Crippen LogP contribution in [-0.2, 0) is 9.53 Å². The molecule has 86 valence electrons. The number of carbonyl (C=O) groups is 1. The average molecular weight is 219 g/mol. The van der Waals surface area contributed by atoms with E-state index in [1.165, 1.54) is 7.11 Å².